The zero-order chi connectivity index (χ0) is 23.0. The molecule has 2 aromatic rings. The van der Waals surface area contributed by atoms with Gasteiger partial charge < -0.3 is 14.8 Å². The van der Waals surface area contributed by atoms with Crippen LogP contribution in [-0.2, 0) is 17.8 Å². The predicted molar refractivity (Wildman–Crippen MR) is 117 cm³/mol. The van der Waals surface area contributed by atoms with Crippen molar-refractivity contribution in [3.63, 3.8) is 0 Å². The Bertz CT molecular complexity index is 1040. The number of carbonyl (C=O) groups is 2. The minimum Gasteiger partial charge on any atom is -0.341 e. The van der Waals surface area contributed by atoms with Crippen LogP contribution in [0.3, 0.4) is 0 Å². The van der Waals surface area contributed by atoms with Gasteiger partial charge >= 0.3 is 0 Å². The molecule has 0 saturated carbocycles. The molecule has 1 fully saturated rings. The van der Waals surface area contributed by atoms with Crippen molar-refractivity contribution < 1.29 is 18.4 Å². The van der Waals surface area contributed by atoms with Crippen LogP contribution in [0, 0.1) is 17.0 Å². The molecule has 172 valence electrons. The first-order chi connectivity index (χ1) is 15.2. The van der Waals surface area contributed by atoms with E-state index < -0.39 is 29.0 Å². The number of likely N-dealkylation sites (tertiary alicyclic amines) is 1. The summed E-state index contributed by atoms with van der Waals surface area (Å²) in [5.41, 5.74) is 0.450. The van der Waals surface area contributed by atoms with E-state index in [0.29, 0.717) is 31.7 Å². The van der Waals surface area contributed by atoms with Crippen molar-refractivity contribution in [2.45, 2.75) is 65.5 Å². The van der Waals surface area contributed by atoms with Crippen LogP contribution in [0.15, 0.2) is 18.2 Å². The van der Waals surface area contributed by atoms with E-state index in [2.05, 4.69) is 10.3 Å². The molecule has 0 aliphatic carbocycles. The van der Waals surface area contributed by atoms with Gasteiger partial charge in [-0.05, 0) is 49.3 Å². The number of carbonyl (C=O) groups excluding carboxylic acids is 2. The average molecular weight is 445 g/mol. The summed E-state index contributed by atoms with van der Waals surface area (Å²) in [5, 5.41) is 2.91. The van der Waals surface area contributed by atoms with E-state index in [-0.39, 0.29) is 23.0 Å². The number of amides is 2. The number of hydrogen-bond donors (Lipinski definition) is 1. The number of aromatic nitrogens is 2. The van der Waals surface area contributed by atoms with Crippen LogP contribution < -0.4 is 5.32 Å². The zero-order valence-electron chi connectivity index (χ0n) is 18.9. The third-order valence-corrected chi connectivity index (χ3v) is 6.31. The molecule has 2 aliphatic heterocycles. The summed E-state index contributed by atoms with van der Waals surface area (Å²) in [7, 11) is 0. The fourth-order valence-corrected chi connectivity index (χ4v) is 4.34. The highest BCUT2D eigenvalue weighted by molar-refractivity contribution is 5.98. The number of fused-ring (bicyclic) bond motifs is 1. The van der Waals surface area contributed by atoms with Crippen LogP contribution in [0.25, 0.3) is 11.4 Å². The maximum absolute atomic E-state index is 14.6. The second-order valence-electron chi connectivity index (χ2n) is 9.77. The Balaban J connectivity index is 1.72. The topological polar surface area (TPSA) is 67.2 Å². The van der Waals surface area contributed by atoms with Crippen molar-refractivity contribution in [2.24, 2.45) is 5.41 Å². The number of hydrogen-bond acceptors (Lipinski definition) is 3. The van der Waals surface area contributed by atoms with Crippen molar-refractivity contribution in [3.8, 4) is 11.4 Å². The molecule has 1 aromatic heterocycles. The number of halogens is 2. The predicted octanol–water partition coefficient (Wildman–Crippen LogP) is 3.93. The van der Waals surface area contributed by atoms with Crippen molar-refractivity contribution >= 4 is 11.8 Å². The zero-order valence-corrected chi connectivity index (χ0v) is 18.9. The summed E-state index contributed by atoms with van der Waals surface area (Å²) < 4.78 is 30.3. The molecular weight excluding hydrogens is 414 g/mol. The van der Waals surface area contributed by atoms with E-state index in [4.69, 9.17) is 0 Å². The van der Waals surface area contributed by atoms with Gasteiger partial charge in [0.25, 0.3) is 5.91 Å². The third-order valence-electron chi connectivity index (χ3n) is 6.31. The van der Waals surface area contributed by atoms with Crippen LogP contribution in [0.5, 0.6) is 0 Å². The number of benzene rings is 1. The van der Waals surface area contributed by atoms with E-state index in [1.54, 1.807) is 4.90 Å². The fraction of sp³-hybridized carbons (Fsp3) is 0.542. The van der Waals surface area contributed by atoms with Crippen LogP contribution in [0.1, 0.15) is 62.6 Å². The Morgan fingerprint density at radius 1 is 1.06 bits per heavy atom. The van der Waals surface area contributed by atoms with E-state index in [1.807, 2.05) is 25.3 Å². The Hall–Kier alpha value is -2.77. The van der Waals surface area contributed by atoms with Crippen LogP contribution >= 0.6 is 0 Å². The molecule has 6 nitrogen and oxygen atoms in total. The molecule has 4 rings (SSSR count). The molecule has 3 heterocycles. The normalized spacial score (nSPS) is 17.2. The van der Waals surface area contributed by atoms with Gasteiger partial charge in [-0.1, -0.05) is 27.2 Å². The second-order valence-corrected chi connectivity index (χ2v) is 9.77. The first-order valence-corrected chi connectivity index (χ1v) is 11.3. The number of nitrogens with zero attached hydrogens (tertiary/aromatic N) is 3. The highest BCUT2D eigenvalue weighted by Gasteiger charge is 2.38. The standard InChI is InChI=1S/C24H30F2N4O2/c1-24(2,3)20(23(32)29-11-7-12-29)28-22(31)19-18-8-5-4-6-13-30(18)21(27-19)16-14-15(25)9-10-17(16)26/h9-10,14,20H,4-8,11-13H2,1-3H3,(H,28,31)/t20-/m1/s1. The summed E-state index contributed by atoms with van der Waals surface area (Å²) in [4.78, 5) is 32.6. The van der Waals surface area contributed by atoms with Gasteiger partial charge in [0.15, 0.2) is 0 Å². The van der Waals surface area contributed by atoms with Crippen LogP contribution in [-0.4, -0.2) is 45.4 Å². The lowest BCUT2D eigenvalue weighted by molar-refractivity contribution is -0.139. The van der Waals surface area contributed by atoms with Gasteiger partial charge in [-0.2, -0.15) is 0 Å². The van der Waals surface area contributed by atoms with Gasteiger partial charge in [0, 0.05) is 19.6 Å². The largest absolute Gasteiger partial charge is 0.341 e. The van der Waals surface area contributed by atoms with Gasteiger partial charge in [0.1, 0.15) is 29.2 Å². The van der Waals surface area contributed by atoms with Crippen molar-refractivity contribution in [1.82, 2.24) is 19.8 Å². The monoisotopic (exact) mass is 444 g/mol. The number of imidazole rings is 1. The van der Waals surface area contributed by atoms with E-state index in [0.717, 1.165) is 43.9 Å². The van der Waals surface area contributed by atoms with E-state index in [9.17, 15) is 18.4 Å². The molecule has 32 heavy (non-hydrogen) atoms. The lowest BCUT2D eigenvalue weighted by Gasteiger charge is -2.38. The second kappa shape index (κ2) is 8.64. The van der Waals surface area contributed by atoms with Gasteiger partial charge in [-0.25, -0.2) is 13.8 Å². The minimum atomic E-state index is -0.701. The molecule has 1 atom stereocenters. The van der Waals surface area contributed by atoms with Gasteiger partial charge in [0.05, 0.1) is 11.3 Å². The smallest absolute Gasteiger partial charge is 0.272 e. The maximum atomic E-state index is 14.6. The van der Waals surface area contributed by atoms with Gasteiger partial charge in [-0.3, -0.25) is 9.59 Å². The highest BCUT2D eigenvalue weighted by Crippen LogP contribution is 2.30. The molecule has 1 aromatic carbocycles. The van der Waals surface area contributed by atoms with Crippen molar-refractivity contribution in [1.29, 1.82) is 0 Å². The summed E-state index contributed by atoms with van der Waals surface area (Å²) in [5.74, 6) is -1.45. The Morgan fingerprint density at radius 3 is 2.47 bits per heavy atom. The molecule has 0 bridgehead atoms. The first-order valence-electron chi connectivity index (χ1n) is 11.3. The van der Waals surface area contributed by atoms with Gasteiger partial charge in [-0.15, -0.1) is 0 Å². The first kappa shape index (κ1) is 22.4. The average Bonchev–Trinajstić information content (AvgIpc) is 2.86. The molecule has 1 N–H and O–H groups in total. The Kier molecular flexibility index (Phi) is 6.05. The summed E-state index contributed by atoms with van der Waals surface area (Å²) >= 11 is 0. The van der Waals surface area contributed by atoms with E-state index in [1.165, 1.54) is 0 Å². The summed E-state index contributed by atoms with van der Waals surface area (Å²) in [6.45, 7) is 7.72. The fourth-order valence-electron chi connectivity index (χ4n) is 4.34. The molecule has 2 amide bonds. The van der Waals surface area contributed by atoms with Crippen molar-refractivity contribution in [3.05, 3.63) is 41.2 Å². The molecule has 8 heteroatoms. The molecular formula is C24H30F2N4O2. The van der Waals surface area contributed by atoms with E-state index >= 15 is 0 Å². The quantitative estimate of drug-likeness (QED) is 0.777. The molecule has 0 radical (unpaired) electrons. The highest BCUT2D eigenvalue weighted by atomic mass is 19.1. The molecule has 0 unspecified atom stereocenters. The molecule has 1 saturated heterocycles. The Labute approximate surface area is 187 Å². The third kappa shape index (κ3) is 4.27. The number of rotatable bonds is 4. The Morgan fingerprint density at radius 2 is 1.81 bits per heavy atom. The minimum absolute atomic E-state index is 0.0382. The lowest BCUT2D eigenvalue weighted by Crippen LogP contribution is -2.57. The maximum Gasteiger partial charge on any atom is 0.272 e. The SMILES string of the molecule is CC(C)(C)[C@H](NC(=O)c1nc(-c2cc(F)ccc2F)n2c1CCCCC2)C(=O)N1CCC1. The van der Waals surface area contributed by atoms with Crippen LogP contribution in [0.2, 0.25) is 0 Å². The lowest BCUT2D eigenvalue weighted by atomic mass is 9.85. The molecule has 2 aliphatic rings. The molecule has 0 spiro atoms. The van der Waals surface area contributed by atoms with Gasteiger partial charge in [0.2, 0.25) is 5.91 Å². The summed E-state index contributed by atoms with van der Waals surface area (Å²) in [6.07, 6.45) is 4.31. The van der Waals surface area contributed by atoms with Crippen LogP contribution in [0.4, 0.5) is 8.78 Å². The summed E-state index contributed by atoms with van der Waals surface area (Å²) in [6, 6.07) is 2.55. The van der Waals surface area contributed by atoms with Crippen molar-refractivity contribution in [2.75, 3.05) is 13.1 Å². The number of nitrogens with one attached hydrogen (secondary N) is 1.